The molecule has 4 N–H and O–H groups in total. The van der Waals surface area contributed by atoms with Crippen LogP contribution in [-0.2, 0) is 0 Å². The first-order chi connectivity index (χ1) is 4.59. The highest BCUT2D eigenvalue weighted by molar-refractivity contribution is 5.72. The van der Waals surface area contributed by atoms with E-state index in [4.69, 9.17) is 10.7 Å². The lowest BCUT2D eigenvalue weighted by molar-refractivity contribution is -0.640. The van der Waals surface area contributed by atoms with Gasteiger partial charge in [0.15, 0.2) is 5.03 Å². The van der Waals surface area contributed by atoms with Crippen LogP contribution in [0.2, 0.25) is 0 Å². The maximum Gasteiger partial charge on any atom is 0.279 e. The van der Waals surface area contributed by atoms with Crippen LogP contribution in [-0.4, -0.2) is 16.1 Å². The second-order valence-corrected chi connectivity index (χ2v) is 1.16. The summed E-state index contributed by atoms with van der Waals surface area (Å²) in [4.78, 5) is 9.83. The molecular formula is C2H4N6O2. The summed E-state index contributed by atoms with van der Waals surface area (Å²) in [6.45, 7) is 0. The van der Waals surface area contributed by atoms with E-state index in [0.717, 1.165) is 0 Å². The minimum Gasteiger partial charge on any atom is -0.363 e. The van der Waals surface area contributed by atoms with Crippen LogP contribution in [0.5, 0.6) is 0 Å². The van der Waals surface area contributed by atoms with Crippen molar-refractivity contribution in [3.8, 4) is 6.19 Å². The fourth-order valence-corrected chi connectivity index (χ4v) is 0.236. The lowest BCUT2D eigenvalue weighted by Crippen LogP contribution is -2.47. The summed E-state index contributed by atoms with van der Waals surface area (Å²) in [5.74, 6) is -0.855. The molecule has 0 atom stereocenters. The maximum atomic E-state index is 9.83. The molecule has 8 heteroatoms. The first-order valence-electron chi connectivity index (χ1n) is 2.02. The number of hydrogen-bond donors (Lipinski definition) is 3. The number of guanidine groups is 1. The van der Waals surface area contributed by atoms with Crippen LogP contribution in [0.15, 0.2) is 0 Å². The summed E-state index contributed by atoms with van der Waals surface area (Å²) >= 11 is 0. The average Bonchev–Trinajstić information content (AvgIpc) is 1.81. The van der Waals surface area contributed by atoms with Gasteiger partial charge in [0.05, 0.1) is 0 Å². The van der Waals surface area contributed by atoms with Gasteiger partial charge in [0.1, 0.15) is 0 Å². The SMILES string of the molecule is N#CNN(C(=N)N)[N+](=O)[O-]. The molecule has 54 valence electrons. The second-order valence-electron chi connectivity index (χ2n) is 1.16. The topological polar surface area (TPSA) is 132 Å². The Morgan fingerprint density at radius 1 is 2.00 bits per heavy atom. The van der Waals surface area contributed by atoms with Crippen LogP contribution in [0.1, 0.15) is 0 Å². The van der Waals surface area contributed by atoms with Gasteiger partial charge >= 0.3 is 0 Å². The van der Waals surface area contributed by atoms with E-state index < -0.39 is 11.0 Å². The third-order valence-corrected chi connectivity index (χ3v) is 0.547. The van der Waals surface area contributed by atoms with E-state index in [1.54, 1.807) is 5.43 Å². The van der Waals surface area contributed by atoms with Crippen molar-refractivity contribution in [2.24, 2.45) is 5.73 Å². The second kappa shape index (κ2) is 3.08. The molecule has 0 saturated carbocycles. The van der Waals surface area contributed by atoms with Gasteiger partial charge < -0.3 is 5.73 Å². The van der Waals surface area contributed by atoms with Crippen LogP contribution in [0.4, 0.5) is 0 Å². The Kier molecular flexibility index (Phi) is 2.45. The predicted octanol–water partition coefficient (Wildman–Crippen LogP) is -1.64. The Bertz CT molecular complexity index is 178. The van der Waals surface area contributed by atoms with Gasteiger partial charge in [0, 0.05) is 5.12 Å². The normalized spacial score (nSPS) is 7.50. The van der Waals surface area contributed by atoms with Crippen molar-refractivity contribution in [3.63, 3.8) is 0 Å². The van der Waals surface area contributed by atoms with E-state index in [0.29, 0.717) is 0 Å². The van der Waals surface area contributed by atoms with Gasteiger partial charge in [-0.05, 0) is 0 Å². The van der Waals surface area contributed by atoms with Crippen LogP contribution in [0.3, 0.4) is 0 Å². The Morgan fingerprint density at radius 3 is 2.60 bits per heavy atom. The smallest absolute Gasteiger partial charge is 0.279 e. The molecular weight excluding hydrogens is 140 g/mol. The number of nitro groups is 1. The fourth-order valence-electron chi connectivity index (χ4n) is 0.236. The third kappa shape index (κ3) is 1.83. The molecule has 0 rings (SSSR count). The zero-order valence-electron chi connectivity index (χ0n) is 4.74. The summed E-state index contributed by atoms with van der Waals surface area (Å²) < 4.78 is 0. The zero-order chi connectivity index (χ0) is 8.15. The van der Waals surface area contributed by atoms with Crippen LogP contribution in [0.25, 0.3) is 0 Å². The standard InChI is InChI=1S/C2H4N6O2/c3-1-6-7(2(4)5)8(9)10/h6H,(H3,4,5). The first-order valence-corrected chi connectivity index (χ1v) is 2.02. The lowest BCUT2D eigenvalue weighted by Gasteiger charge is -2.05. The van der Waals surface area contributed by atoms with Crippen molar-refractivity contribution >= 4 is 5.96 Å². The van der Waals surface area contributed by atoms with Crippen LogP contribution >= 0.6 is 0 Å². The van der Waals surface area contributed by atoms with Gasteiger partial charge in [0.2, 0.25) is 6.19 Å². The largest absolute Gasteiger partial charge is 0.363 e. The Hall–Kier alpha value is -2.04. The number of nitriles is 1. The van der Waals surface area contributed by atoms with Gasteiger partial charge in [-0.1, -0.05) is 0 Å². The van der Waals surface area contributed by atoms with Crippen molar-refractivity contribution < 1.29 is 5.03 Å². The minimum atomic E-state index is -1.02. The highest BCUT2D eigenvalue weighted by Gasteiger charge is 2.16. The number of nitrogens with two attached hydrogens (primary N) is 1. The van der Waals surface area contributed by atoms with Gasteiger partial charge in [-0.3, -0.25) is 5.41 Å². The zero-order valence-corrected chi connectivity index (χ0v) is 4.74. The van der Waals surface area contributed by atoms with Crippen LogP contribution < -0.4 is 11.2 Å². The van der Waals surface area contributed by atoms with Gasteiger partial charge in [0.25, 0.3) is 5.96 Å². The fraction of sp³-hybridized carbons (Fsp3) is 0. The molecule has 0 bridgehead atoms. The lowest BCUT2D eigenvalue weighted by atomic mass is 11.0. The molecule has 0 aliphatic heterocycles. The van der Waals surface area contributed by atoms with Crippen molar-refractivity contribution in [3.05, 3.63) is 10.1 Å². The third-order valence-electron chi connectivity index (χ3n) is 0.547. The number of nitrogens with zero attached hydrogens (tertiary/aromatic N) is 3. The minimum absolute atomic E-state index is 0.0139. The van der Waals surface area contributed by atoms with Gasteiger partial charge in [-0.25, -0.2) is 10.1 Å². The van der Waals surface area contributed by atoms with E-state index in [9.17, 15) is 10.1 Å². The summed E-state index contributed by atoms with van der Waals surface area (Å²) in [6, 6.07) is 0. The van der Waals surface area contributed by atoms with Gasteiger partial charge in [-0.15, -0.1) is 0 Å². The maximum absolute atomic E-state index is 9.83. The summed E-state index contributed by atoms with van der Waals surface area (Å²) in [7, 11) is 0. The Labute approximate surface area is 55.4 Å². The number of hydrogen-bond acceptors (Lipinski definition) is 5. The molecule has 0 heterocycles. The van der Waals surface area contributed by atoms with E-state index in [-0.39, 0.29) is 5.12 Å². The molecule has 0 amide bonds. The van der Waals surface area contributed by atoms with E-state index in [2.05, 4.69) is 5.73 Å². The van der Waals surface area contributed by atoms with E-state index in [1.807, 2.05) is 0 Å². The highest BCUT2D eigenvalue weighted by Crippen LogP contribution is 1.77. The average molecular weight is 144 g/mol. The van der Waals surface area contributed by atoms with Crippen molar-refractivity contribution in [2.45, 2.75) is 0 Å². The summed E-state index contributed by atoms with van der Waals surface area (Å²) in [5, 5.41) is 23.2. The van der Waals surface area contributed by atoms with E-state index in [1.165, 1.54) is 6.19 Å². The monoisotopic (exact) mass is 144 g/mol. The number of hydrazine groups is 2. The quantitative estimate of drug-likeness (QED) is 0.106. The predicted molar refractivity (Wildman–Crippen MR) is 29.5 cm³/mol. The Balaban J connectivity index is 4.15. The highest BCUT2D eigenvalue weighted by atomic mass is 16.7. The molecule has 0 aromatic carbocycles. The van der Waals surface area contributed by atoms with Gasteiger partial charge in [-0.2, -0.15) is 10.7 Å². The van der Waals surface area contributed by atoms with E-state index >= 15 is 0 Å². The number of rotatable bonds is 2. The molecule has 0 radical (unpaired) electrons. The molecule has 10 heavy (non-hydrogen) atoms. The molecule has 0 aromatic rings. The molecule has 0 aromatic heterocycles. The summed E-state index contributed by atoms with van der Waals surface area (Å²) in [6.07, 6.45) is 1.24. The van der Waals surface area contributed by atoms with Crippen LogP contribution in [0, 0.1) is 27.0 Å². The summed E-state index contributed by atoms with van der Waals surface area (Å²) in [5.41, 5.74) is 6.25. The molecule has 8 nitrogen and oxygen atoms in total. The van der Waals surface area contributed by atoms with Crippen molar-refractivity contribution in [1.82, 2.24) is 10.5 Å². The molecule has 0 aliphatic rings. The first kappa shape index (κ1) is 7.96. The number of nitrogens with one attached hydrogen (secondary N) is 2. The molecule has 0 aliphatic carbocycles. The van der Waals surface area contributed by atoms with Crippen molar-refractivity contribution in [1.29, 1.82) is 10.7 Å². The Morgan fingerprint density at radius 2 is 2.50 bits per heavy atom. The molecule has 0 unspecified atom stereocenters. The molecule has 0 saturated heterocycles. The van der Waals surface area contributed by atoms with Crippen molar-refractivity contribution in [2.75, 3.05) is 0 Å². The molecule has 0 fully saturated rings. The molecule has 0 spiro atoms.